The molecule has 1 fully saturated rings. The number of carbonyl (C=O) groups excluding carboxylic acids is 1. The van der Waals surface area contributed by atoms with Gasteiger partial charge in [-0.05, 0) is 81.3 Å². The number of ketones is 1. The number of carbonyl (C=O) groups is 3. The first-order valence-electron chi connectivity index (χ1n) is 12.2. The molecule has 2 aromatic carbocycles. The van der Waals surface area contributed by atoms with Gasteiger partial charge in [0.1, 0.15) is 18.1 Å². The second-order valence-corrected chi connectivity index (χ2v) is 8.63. The fraction of sp³-hybridized carbons (Fsp3) is 0.345. The van der Waals surface area contributed by atoms with Gasteiger partial charge in [0, 0.05) is 29.8 Å². The first kappa shape index (κ1) is 29.3. The van der Waals surface area contributed by atoms with Gasteiger partial charge < -0.3 is 19.7 Å². The number of carboxylic acids is 2. The summed E-state index contributed by atoms with van der Waals surface area (Å²) in [6.07, 6.45) is 8.46. The van der Waals surface area contributed by atoms with Crippen molar-refractivity contribution in [2.45, 2.75) is 33.1 Å². The maximum Gasteiger partial charge on any atom is 0.328 e. The number of hydrogen-bond acceptors (Lipinski definition) is 6. The summed E-state index contributed by atoms with van der Waals surface area (Å²) in [6, 6.07) is 11.6. The number of benzene rings is 2. The molecule has 0 amide bonds. The van der Waals surface area contributed by atoms with Crippen molar-refractivity contribution in [1.82, 2.24) is 4.90 Å². The Kier molecular flexibility index (Phi) is 12.1. The van der Waals surface area contributed by atoms with Gasteiger partial charge in [0.15, 0.2) is 5.78 Å². The molecule has 1 heterocycles. The number of aryl methyl sites for hydroxylation is 2. The molecule has 0 atom stereocenters. The standard InChI is InChI=1S/C25H31NO3.C4H4O4/c1-19-17-22(29-16-15-26-13-7-4-8-14-26)18-20(2)25(19)23(27)12-11-21-9-5-6-10-24(21)28-3;5-3(6)1-2-4(7)8/h5-6,9-12,17-18H,4,7-8,13-16H2,1-3H3;1-2H,(H,5,6)(H,7,8)/b;2-1+. The highest BCUT2D eigenvalue weighted by molar-refractivity contribution is 6.09. The third kappa shape index (κ3) is 10.3. The van der Waals surface area contributed by atoms with Gasteiger partial charge in [-0.2, -0.15) is 0 Å². The monoisotopic (exact) mass is 509 g/mol. The van der Waals surface area contributed by atoms with Crippen molar-refractivity contribution in [1.29, 1.82) is 0 Å². The molecular weight excluding hydrogens is 474 g/mol. The van der Waals surface area contributed by atoms with Crippen molar-refractivity contribution in [2.24, 2.45) is 0 Å². The maximum absolute atomic E-state index is 12.8. The number of aliphatic carboxylic acids is 2. The van der Waals surface area contributed by atoms with Crippen LogP contribution in [0.15, 0.2) is 54.6 Å². The van der Waals surface area contributed by atoms with E-state index in [0.717, 1.165) is 40.3 Å². The Balaban J connectivity index is 0.000000521. The SMILES string of the molecule is COc1ccccc1C=CC(=O)c1c(C)cc(OCCN2CCCCC2)cc1C.O=C(O)/C=C/C(=O)O. The number of nitrogens with zero attached hydrogens (tertiary/aromatic N) is 1. The van der Waals surface area contributed by atoms with E-state index in [0.29, 0.717) is 18.8 Å². The fourth-order valence-corrected chi connectivity index (χ4v) is 4.07. The van der Waals surface area contributed by atoms with Crippen LogP contribution in [0.4, 0.5) is 0 Å². The van der Waals surface area contributed by atoms with E-state index in [1.165, 1.54) is 32.4 Å². The van der Waals surface area contributed by atoms with E-state index in [1.807, 2.05) is 56.3 Å². The first-order chi connectivity index (χ1) is 17.7. The summed E-state index contributed by atoms with van der Waals surface area (Å²) >= 11 is 0. The summed E-state index contributed by atoms with van der Waals surface area (Å²) in [7, 11) is 1.63. The zero-order valence-corrected chi connectivity index (χ0v) is 21.6. The van der Waals surface area contributed by atoms with Crippen LogP contribution in [-0.2, 0) is 9.59 Å². The normalized spacial score (nSPS) is 13.7. The Morgan fingerprint density at radius 1 is 0.919 bits per heavy atom. The number of ether oxygens (including phenoxy) is 2. The number of rotatable bonds is 10. The van der Waals surface area contributed by atoms with E-state index in [1.54, 1.807) is 13.2 Å². The smallest absolute Gasteiger partial charge is 0.328 e. The Morgan fingerprint density at radius 3 is 2.08 bits per heavy atom. The molecule has 0 aliphatic carbocycles. The largest absolute Gasteiger partial charge is 0.496 e. The average molecular weight is 510 g/mol. The van der Waals surface area contributed by atoms with E-state index in [-0.39, 0.29) is 5.78 Å². The van der Waals surface area contributed by atoms with Crippen LogP contribution in [0.3, 0.4) is 0 Å². The van der Waals surface area contributed by atoms with Crippen molar-refractivity contribution in [3.05, 3.63) is 76.9 Å². The zero-order chi connectivity index (χ0) is 27.2. The predicted octanol–water partition coefficient (Wildman–Crippen LogP) is 4.78. The maximum atomic E-state index is 12.8. The first-order valence-corrected chi connectivity index (χ1v) is 12.2. The number of piperidine rings is 1. The number of carboxylic acid groups (broad SMARTS) is 2. The molecule has 2 aromatic rings. The number of para-hydroxylation sites is 1. The molecular formula is C29H35NO7. The summed E-state index contributed by atoms with van der Waals surface area (Å²) in [6.45, 7) is 7.92. The van der Waals surface area contributed by atoms with Crippen molar-refractivity contribution in [3.8, 4) is 11.5 Å². The predicted molar refractivity (Wildman–Crippen MR) is 142 cm³/mol. The van der Waals surface area contributed by atoms with Crippen molar-refractivity contribution >= 4 is 23.8 Å². The van der Waals surface area contributed by atoms with Gasteiger partial charge in [0.25, 0.3) is 0 Å². The van der Waals surface area contributed by atoms with Crippen LogP contribution in [0.5, 0.6) is 11.5 Å². The van der Waals surface area contributed by atoms with E-state index < -0.39 is 11.9 Å². The van der Waals surface area contributed by atoms with Gasteiger partial charge in [0.2, 0.25) is 0 Å². The molecule has 0 unspecified atom stereocenters. The molecule has 3 rings (SSSR count). The number of methoxy groups -OCH3 is 1. The van der Waals surface area contributed by atoms with Gasteiger partial charge >= 0.3 is 11.9 Å². The van der Waals surface area contributed by atoms with Gasteiger partial charge in [0.05, 0.1) is 7.11 Å². The Morgan fingerprint density at radius 2 is 1.51 bits per heavy atom. The van der Waals surface area contributed by atoms with Crippen LogP contribution in [0, 0.1) is 13.8 Å². The molecule has 8 heteroatoms. The van der Waals surface area contributed by atoms with Crippen LogP contribution in [0.25, 0.3) is 6.08 Å². The summed E-state index contributed by atoms with van der Waals surface area (Å²) < 4.78 is 11.3. The Bertz CT molecular complexity index is 1090. The highest BCUT2D eigenvalue weighted by Gasteiger charge is 2.13. The van der Waals surface area contributed by atoms with Gasteiger partial charge in [-0.3, -0.25) is 9.69 Å². The zero-order valence-electron chi connectivity index (χ0n) is 21.6. The fourth-order valence-electron chi connectivity index (χ4n) is 4.07. The second kappa shape index (κ2) is 15.3. The van der Waals surface area contributed by atoms with E-state index in [4.69, 9.17) is 19.7 Å². The quantitative estimate of drug-likeness (QED) is 0.347. The van der Waals surface area contributed by atoms with Gasteiger partial charge in [-0.15, -0.1) is 0 Å². The topological polar surface area (TPSA) is 113 Å². The highest BCUT2D eigenvalue weighted by Crippen LogP contribution is 2.24. The molecule has 37 heavy (non-hydrogen) atoms. The molecule has 0 bridgehead atoms. The van der Waals surface area contributed by atoms with E-state index in [2.05, 4.69) is 4.90 Å². The molecule has 1 aliphatic rings. The van der Waals surface area contributed by atoms with E-state index in [9.17, 15) is 14.4 Å². The van der Waals surface area contributed by atoms with E-state index >= 15 is 0 Å². The van der Waals surface area contributed by atoms with Gasteiger partial charge in [-0.25, -0.2) is 9.59 Å². The molecule has 8 nitrogen and oxygen atoms in total. The minimum Gasteiger partial charge on any atom is -0.496 e. The summed E-state index contributed by atoms with van der Waals surface area (Å²) in [5.74, 6) is -0.935. The lowest BCUT2D eigenvalue weighted by molar-refractivity contribution is -0.134. The molecule has 1 saturated heterocycles. The molecule has 198 valence electrons. The summed E-state index contributed by atoms with van der Waals surface area (Å²) in [5, 5.41) is 15.6. The third-order valence-corrected chi connectivity index (χ3v) is 5.80. The van der Waals surface area contributed by atoms with Crippen LogP contribution < -0.4 is 9.47 Å². The molecule has 0 saturated carbocycles. The van der Waals surface area contributed by atoms with Crippen LogP contribution in [0.2, 0.25) is 0 Å². The molecule has 1 aliphatic heterocycles. The molecule has 0 radical (unpaired) electrons. The minimum atomic E-state index is -1.26. The minimum absolute atomic E-state index is 0.00854. The van der Waals surface area contributed by atoms with Crippen LogP contribution >= 0.6 is 0 Å². The number of allylic oxidation sites excluding steroid dienone is 1. The Labute approximate surface area is 217 Å². The lowest BCUT2D eigenvalue weighted by atomic mass is 9.98. The van der Waals surface area contributed by atoms with Crippen molar-refractivity contribution in [3.63, 3.8) is 0 Å². The third-order valence-electron chi connectivity index (χ3n) is 5.80. The Hall–Kier alpha value is -3.91. The van der Waals surface area contributed by atoms with Crippen molar-refractivity contribution < 1.29 is 34.1 Å². The lowest BCUT2D eigenvalue weighted by Crippen LogP contribution is -2.33. The summed E-state index contributed by atoms with van der Waals surface area (Å²) in [5.41, 5.74) is 3.50. The van der Waals surface area contributed by atoms with Crippen molar-refractivity contribution in [2.75, 3.05) is 33.4 Å². The second-order valence-electron chi connectivity index (χ2n) is 8.63. The average Bonchev–Trinajstić information content (AvgIpc) is 2.87. The van der Waals surface area contributed by atoms with Crippen LogP contribution in [0.1, 0.15) is 46.3 Å². The van der Waals surface area contributed by atoms with Crippen LogP contribution in [-0.4, -0.2) is 66.2 Å². The molecule has 0 spiro atoms. The van der Waals surface area contributed by atoms with Gasteiger partial charge in [-0.1, -0.05) is 24.6 Å². The number of hydrogen-bond donors (Lipinski definition) is 2. The lowest BCUT2D eigenvalue weighted by Gasteiger charge is -2.26. The highest BCUT2D eigenvalue weighted by atomic mass is 16.5. The molecule has 2 N–H and O–H groups in total. The number of likely N-dealkylation sites (tertiary alicyclic amines) is 1. The molecule has 0 aromatic heterocycles. The summed E-state index contributed by atoms with van der Waals surface area (Å²) in [4.78, 5) is 34.4.